The smallest absolute Gasteiger partial charge is 0.237 e. The third kappa shape index (κ3) is 4.28. The third-order valence-electron chi connectivity index (χ3n) is 3.01. The minimum atomic E-state index is -3.55. The zero-order chi connectivity index (χ0) is 14.6. The van der Waals surface area contributed by atoms with Crippen LogP contribution in [-0.2, 0) is 25.1 Å². The summed E-state index contributed by atoms with van der Waals surface area (Å²) >= 11 is 0. The number of hydrogen-bond acceptors (Lipinski definition) is 4. The van der Waals surface area contributed by atoms with Gasteiger partial charge in [0.1, 0.15) is 11.6 Å². The Bertz CT molecular complexity index is 565. The molecule has 5 nitrogen and oxygen atoms in total. The molecule has 2 rings (SSSR count). The molecule has 0 bridgehead atoms. The van der Waals surface area contributed by atoms with E-state index in [1.807, 2.05) is 0 Å². The predicted molar refractivity (Wildman–Crippen MR) is 71.3 cm³/mol. The van der Waals surface area contributed by atoms with Crippen LogP contribution in [0.5, 0.6) is 0 Å². The van der Waals surface area contributed by atoms with Crippen molar-refractivity contribution in [2.75, 3.05) is 32.1 Å². The molecule has 1 fully saturated rings. The highest BCUT2D eigenvalue weighted by Crippen LogP contribution is 2.09. The second-order valence-corrected chi connectivity index (χ2v) is 6.72. The molecule has 1 amide bonds. The van der Waals surface area contributed by atoms with Crippen LogP contribution in [0.3, 0.4) is 0 Å². The molecule has 1 aromatic rings. The van der Waals surface area contributed by atoms with Crippen LogP contribution in [0.2, 0.25) is 0 Å². The Kier molecular flexibility index (Phi) is 4.72. The quantitative estimate of drug-likeness (QED) is 0.817. The number of hydrogen-bond donors (Lipinski definition) is 0. The Hall–Kier alpha value is -1.47. The minimum absolute atomic E-state index is 0.261. The first-order valence-electron chi connectivity index (χ1n) is 6.27. The lowest BCUT2D eigenvalue weighted by molar-refractivity contribution is -0.132. The minimum Gasteiger partial charge on any atom is -0.378 e. The van der Waals surface area contributed by atoms with Gasteiger partial charge in [-0.2, -0.15) is 0 Å². The van der Waals surface area contributed by atoms with Crippen molar-refractivity contribution in [1.29, 1.82) is 0 Å². The summed E-state index contributed by atoms with van der Waals surface area (Å²) in [5.41, 5.74) is 0.473. The Morgan fingerprint density at radius 2 is 1.80 bits per heavy atom. The fourth-order valence-corrected chi connectivity index (χ4v) is 3.34. The van der Waals surface area contributed by atoms with E-state index in [2.05, 4.69) is 0 Å². The van der Waals surface area contributed by atoms with Gasteiger partial charge < -0.3 is 9.64 Å². The summed E-state index contributed by atoms with van der Waals surface area (Å²) in [6, 6.07) is 5.22. The summed E-state index contributed by atoms with van der Waals surface area (Å²) in [5, 5.41) is 0. The van der Waals surface area contributed by atoms with Crippen molar-refractivity contribution in [1.82, 2.24) is 4.90 Å². The van der Waals surface area contributed by atoms with Gasteiger partial charge in [-0.15, -0.1) is 0 Å². The van der Waals surface area contributed by atoms with Crippen LogP contribution in [0.25, 0.3) is 0 Å². The van der Waals surface area contributed by atoms with Crippen LogP contribution in [0.15, 0.2) is 24.3 Å². The first-order chi connectivity index (χ1) is 9.46. The third-order valence-corrected chi connectivity index (χ3v) is 4.47. The fraction of sp³-hybridized carbons (Fsp3) is 0.462. The molecule has 0 spiro atoms. The number of nitrogens with zero attached hydrogens (tertiary/aromatic N) is 1. The largest absolute Gasteiger partial charge is 0.378 e. The van der Waals surface area contributed by atoms with Crippen LogP contribution in [0, 0.1) is 5.82 Å². The van der Waals surface area contributed by atoms with E-state index in [1.165, 1.54) is 29.2 Å². The SMILES string of the molecule is O=C(CS(=O)(=O)Cc1ccc(F)cc1)N1CCOCC1. The van der Waals surface area contributed by atoms with Crippen molar-refractivity contribution in [2.45, 2.75) is 5.75 Å². The van der Waals surface area contributed by atoms with E-state index in [4.69, 9.17) is 4.74 Å². The molecule has 1 aliphatic heterocycles. The van der Waals surface area contributed by atoms with Crippen molar-refractivity contribution in [2.24, 2.45) is 0 Å². The van der Waals surface area contributed by atoms with E-state index >= 15 is 0 Å². The molecule has 0 radical (unpaired) electrons. The molecule has 1 heterocycles. The second-order valence-electron chi connectivity index (χ2n) is 4.65. The molecule has 0 saturated carbocycles. The number of ether oxygens (including phenoxy) is 1. The lowest BCUT2D eigenvalue weighted by Crippen LogP contribution is -2.43. The molecule has 0 aliphatic carbocycles. The van der Waals surface area contributed by atoms with E-state index in [1.54, 1.807) is 0 Å². The normalized spacial score (nSPS) is 16.1. The van der Waals surface area contributed by atoms with Gasteiger partial charge in [0.2, 0.25) is 5.91 Å². The maximum Gasteiger partial charge on any atom is 0.237 e. The lowest BCUT2D eigenvalue weighted by Gasteiger charge is -2.26. The summed E-state index contributed by atoms with van der Waals surface area (Å²) in [7, 11) is -3.55. The Labute approximate surface area is 117 Å². The summed E-state index contributed by atoms with van der Waals surface area (Å²) in [5.74, 6) is -1.61. The zero-order valence-corrected chi connectivity index (χ0v) is 11.7. The average Bonchev–Trinajstić information content (AvgIpc) is 2.41. The van der Waals surface area contributed by atoms with Crippen LogP contribution in [-0.4, -0.2) is 51.3 Å². The molecule has 1 saturated heterocycles. The van der Waals surface area contributed by atoms with Crippen molar-refractivity contribution in [3.63, 3.8) is 0 Å². The lowest BCUT2D eigenvalue weighted by atomic mass is 10.2. The molecule has 0 unspecified atom stereocenters. The summed E-state index contributed by atoms with van der Waals surface area (Å²) < 4.78 is 41.8. The molecular formula is C13H16FNO4S. The molecule has 1 aliphatic rings. The predicted octanol–water partition coefficient (Wildman–Crippen LogP) is 0.599. The number of rotatable bonds is 4. The van der Waals surface area contributed by atoms with Crippen molar-refractivity contribution < 1.29 is 22.3 Å². The summed E-state index contributed by atoms with van der Waals surface area (Å²) in [6.07, 6.45) is 0. The maximum atomic E-state index is 12.8. The Balaban J connectivity index is 1.96. The first-order valence-corrected chi connectivity index (χ1v) is 8.09. The molecule has 20 heavy (non-hydrogen) atoms. The van der Waals surface area contributed by atoms with E-state index in [-0.39, 0.29) is 5.75 Å². The van der Waals surface area contributed by atoms with E-state index in [9.17, 15) is 17.6 Å². The summed E-state index contributed by atoms with van der Waals surface area (Å²) in [4.78, 5) is 13.4. The second kappa shape index (κ2) is 6.32. The van der Waals surface area contributed by atoms with Crippen LogP contribution < -0.4 is 0 Å². The van der Waals surface area contributed by atoms with Gasteiger partial charge in [-0.1, -0.05) is 12.1 Å². The van der Waals surface area contributed by atoms with Gasteiger partial charge in [-0.3, -0.25) is 4.79 Å². The van der Waals surface area contributed by atoms with Gasteiger partial charge in [-0.05, 0) is 17.7 Å². The average molecular weight is 301 g/mol. The van der Waals surface area contributed by atoms with Crippen molar-refractivity contribution >= 4 is 15.7 Å². The van der Waals surface area contributed by atoms with Crippen molar-refractivity contribution in [3.8, 4) is 0 Å². The molecule has 1 aromatic carbocycles. The Morgan fingerprint density at radius 3 is 2.40 bits per heavy atom. The van der Waals surface area contributed by atoms with Crippen LogP contribution in [0.4, 0.5) is 4.39 Å². The number of carbonyl (C=O) groups is 1. The molecule has 7 heteroatoms. The Morgan fingerprint density at radius 1 is 1.20 bits per heavy atom. The van der Waals surface area contributed by atoms with E-state index < -0.39 is 27.3 Å². The number of benzene rings is 1. The van der Waals surface area contributed by atoms with Crippen LogP contribution >= 0.6 is 0 Å². The number of morpholine rings is 1. The van der Waals surface area contributed by atoms with Gasteiger partial charge in [-0.25, -0.2) is 12.8 Å². The highest BCUT2D eigenvalue weighted by Gasteiger charge is 2.23. The van der Waals surface area contributed by atoms with Crippen molar-refractivity contribution in [3.05, 3.63) is 35.6 Å². The van der Waals surface area contributed by atoms with Gasteiger partial charge in [0.15, 0.2) is 9.84 Å². The molecule has 0 N–H and O–H groups in total. The number of halogens is 1. The number of amides is 1. The maximum absolute atomic E-state index is 12.8. The molecule has 110 valence electrons. The van der Waals surface area contributed by atoms with Gasteiger partial charge >= 0.3 is 0 Å². The zero-order valence-electron chi connectivity index (χ0n) is 10.9. The van der Waals surface area contributed by atoms with Gasteiger partial charge in [0.05, 0.1) is 19.0 Å². The summed E-state index contributed by atoms with van der Waals surface area (Å²) in [6.45, 7) is 1.71. The molecular weight excluding hydrogens is 285 g/mol. The highest BCUT2D eigenvalue weighted by molar-refractivity contribution is 7.91. The standard InChI is InChI=1S/C13H16FNO4S/c14-12-3-1-11(2-4-12)9-20(17,18)10-13(16)15-5-7-19-8-6-15/h1-4H,5-10H2. The van der Waals surface area contributed by atoms with Gasteiger partial charge in [0, 0.05) is 13.1 Å². The number of carbonyl (C=O) groups excluding carboxylic acids is 1. The monoisotopic (exact) mass is 301 g/mol. The van der Waals surface area contributed by atoms with Gasteiger partial charge in [0.25, 0.3) is 0 Å². The topological polar surface area (TPSA) is 63.7 Å². The van der Waals surface area contributed by atoms with E-state index in [0.29, 0.717) is 31.9 Å². The highest BCUT2D eigenvalue weighted by atomic mass is 32.2. The first kappa shape index (κ1) is 14.9. The van der Waals surface area contributed by atoms with Crippen LogP contribution in [0.1, 0.15) is 5.56 Å². The molecule has 0 aromatic heterocycles. The molecule has 0 atom stereocenters. The fourth-order valence-electron chi connectivity index (χ4n) is 1.98. The van der Waals surface area contributed by atoms with E-state index in [0.717, 1.165) is 0 Å². The number of sulfone groups is 1.